The van der Waals surface area contributed by atoms with Crippen LogP contribution < -0.4 is 5.32 Å². The number of nitrogens with one attached hydrogen (secondary N) is 1. The lowest BCUT2D eigenvalue weighted by molar-refractivity contribution is -0.118. The number of phenols is 1. The summed E-state index contributed by atoms with van der Waals surface area (Å²) in [5.74, 6) is 0.163. The molecule has 0 radical (unpaired) electrons. The van der Waals surface area contributed by atoms with Gasteiger partial charge in [0, 0.05) is 0 Å². The van der Waals surface area contributed by atoms with Crippen LogP contribution in [0.25, 0.3) is 0 Å². The van der Waals surface area contributed by atoms with Gasteiger partial charge in [-0.15, -0.1) is 5.10 Å². The number of phenolic OH excluding ortho intramolecular Hbond substituents is 1. The molecular weight excluding hydrogens is 322 g/mol. The fourth-order valence-electron chi connectivity index (χ4n) is 2.35. The summed E-state index contributed by atoms with van der Waals surface area (Å²) in [5.41, 5.74) is 3.14. The van der Waals surface area contributed by atoms with Crippen LogP contribution >= 0.6 is 11.8 Å². The molecule has 2 N–H and O–H groups in total. The zero-order chi connectivity index (χ0) is 16.9. The van der Waals surface area contributed by atoms with Crippen molar-refractivity contribution in [1.29, 1.82) is 0 Å². The predicted octanol–water partition coefficient (Wildman–Crippen LogP) is 2.86. The number of amides is 1. The third-order valence-corrected chi connectivity index (χ3v) is 4.60. The second-order valence-electron chi connectivity index (χ2n) is 5.53. The molecule has 0 saturated carbocycles. The third kappa shape index (κ3) is 4.23. The number of benzene rings is 2. The fourth-order valence-corrected chi connectivity index (χ4v) is 3.31. The Morgan fingerprint density at radius 1 is 1.25 bits per heavy atom. The van der Waals surface area contributed by atoms with Crippen LogP contribution in [0.1, 0.15) is 16.7 Å². The van der Waals surface area contributed by atoms with Gasteiger partial charge in [-0.2, -0.15) is 5.10 Å². The first kappa shape index (κ1) is 16.3. The molecule has 1 saturated heterocycles. The van der Waals surface area contributed by atoms with Crippen LogP contribution in [0.5, 0.6) is 5.75 Å². The number of nitrogens with zero attached hydrogens (tertiary/aromatic N) is 2. The summed E-state index contributed by atoms with van der Waals surface area (Å²) in [7, 11) is 0. The van der Waals surface area contributed by atoms with Crippen molar-refractivity contribution in [3.63, 3.8) is 0 Å². The molecule has 1 unspecified atom stereocenters. The van der Waals surface area contributed by atoms with Crippen LogP contribution in [0.3, 0.4) is 0 Å². The third-order valence-electron chi connectivity index (χ3n) is 3.53. The summed E-state index contributed by atoms with van der Waals surface area (Å²) in [4.78, 5) is 12.1. The maximum absolute atomic E-state index is 12.1. The number of rotatable bonds is 4. The van der Waals surface area contributed by atoms with Crippen molar-refractivity contribution in [3.8, 4) is 5.75 Å². The van der Waals surface area contributed by atoms with Crippen molar-refractivity contribution >= 4 is 29.1 Å². The normalized spacial score (nSPS) is 19.1. The van der Waals surface area contributed by atoms with E-state index in [1.165, 1.54) is 17.3 Å². The van der Waals surface area contributed by atoms with Gasteiger partial charge < -0.3 is 10.4 Å². The Labute approximate surface area is 144 Å². The van der Waals surface area contributed by atoms with Crippen molar-refractivity contribution in [2.45, 2.75) is 18.6 Å². The molecule has 2 aromatic rings. The van der Waals surface area contributed by atoms with Crippen LogP contribution in [0.2, 0.25) is 0 Å². The first-order valence-corrected chi connectivity index (χ1v) is 8.41. The van der Waals surface area contributed by atoms with Gasteiger partial charge in [0.25, 0.3) is 0 Å². The van der Waals surface area contributed by atoms with Gasteiger partial charge >= 0.3 is 0 Å². The molecule has 24 heavy (non-hydrogen) atoms. The number of hydrogen-bond acceptors (Lipinski definition) is 5. The highest BCUT2D eigenvalue weighted by molar-refractivity contribution is 8.15. The van der Waals surface area contributed by atoms with E-state index in [0.29, 0.717) is 11.6 Å². The number of aromatic hydroxyl groups is 1. The van der Waals surface area contributed by atoms with Gasteiger partial charge in [0.2, 0.25) is 5.91 Å². The van der Waals surface area contributed by atoms with Gasteiger partial charge in [-0.1, -0.05) is 41.6 Å². The number of carbonyl (C=O) groups is 1. The molecule has 1 fully saturated rings. The minimum atomic E-state index is -0.186. The van der Waals surface area contributed by atoms with Gasteiger partial charge in [-0.05, 0) is 48.7 Å². The lowest BCUT2D eigenvalue weighted by Gasteiger charge is -2.05. The number of thioether (sulfide) groups is 1. The van der Waals surface area contributed by atoms with E-state index in [4.69, 9.17) is 0 Å². The van der Waals surface area contributed by atoms with Crippen molar-refractivity contribution in [2.24, 2.45) is 10.2 Å². The smallest absolute Gasteiger partial charge is 0.239 e. The first-order chi connectivity index (χ1) is 11.6. The second kappa shape index (κ2) is 7.31. The molecule has 5 nitrogen and oxygen atoms in total. The van der Waals surface area contributed by atoms with Crippen LogP contribution in [0.4, 0.5) is 0 Å². The number of aryl methyl sites for hydroxylation is 1. The Kier molecular flexibility index (Phi) is 4.96. The monoisotopic (exact) mass is 339 g/mol. The largest absolute Gasteiger partial charge is 0.508 e. The van der Waals surface area contributed by atoms with E-state index in [2.05, 4.69) is 21.6 Å². The molecule has 1 amide bonds. The van der Waals surface area contributed by atoms with Gasteiger partial charge in [0.05, 0.1) is 11.5 Å². The zero-order valence-corrected chi connectivity index (χ0v) is 14.0. The van der Waals surface area contributed by atoms with Crippen molar-refractivity contribution in [1.82, 2.24) is 5.32 Å². The van der Waals surface area contributed by atoms with Gasteiger partial charge in [-0.3, -0.25) is 4.79 Å². The predicted molar refractivity (Wildman–Crippen MR) is 97.5 cm³/mol. The van der Waals surface area contributed by atoms with E-state index in [9.17, 15) is 9.90 Å². The average molecular weight is 339 g/mol. The Bertz CT molecular complexity index is 800. The Hall–Kier alpha value is -2.60. The molecule has 1 aliphatic rings. The van der Waals surface area contributed by atoms with Crippen LogP contribution in [0, 0.1) is 6.92 Å². The number of hydrogen-bond donors (Lipinski definition) is 2. The summed E-state index contributed by atoms with van der Waals surface area (Å²) in [5, 5.41) is 20.3. The molecule has 122 valence electrons. The lowest BCUT2D eigenvalue weighted by Crippen LogP contribution is -2.25. The molecule has 1 heterocycles. The molecule has 1 aliphatic heterocycles. The van der Waals surface area contributed by atoms with Gasteiger partial charge in [-0.25, -0.2) is 0 Å². The summed E-state index contributed by atoms with van der Waals surface area (Å²) < 4.78 is 0. The number of amidine groups is 1. The fraction of sp³-hybridized carbons (Fsp3) is 0.167. The van der Waals surface area contributed by atoms with E-state index >= 15 is 0 Å². The molecular formula is C18H17N3O2S. The van der Waals surface area contributed by atoms with E-state index < -0.39 is 0 Å². The van der Waals surface area contributed by atoms with E-state index in [1.54, 1.807) is 30.5 Å². The quantitative estimate of drug-likeness (QED) is 0.664. The minimum Gasteiger partial charge on any atom is -0.508 e. The summed E-state index contributed by atoms with van der Waals surface area (Å²) in [6.07, 6.45) is 2.24. The highest BCUT2D eigenvalue weighted by atomic mass is 32.2. The molecule has 1 atom stereocenters. The van der Waals surface area contributed by atoms with Crippen molar-refractivity contribution in [2.75, 3.05) is 0 Å². The molecule has 0 aromatic heterocycles. The SMILES string of the molecule is Cc1cccc(CC2S/C(=N/N=C/c3ccc(O)cc3)NC2=O)c1. The Morgan fingerprint density at radius 2 is 2.04 bits per heavy atom. The summed E-state index contributed by atoms with van der Waals surface area (Å²) in [6.45, 7) is 2.04. The molecule has 6 heteroatoms. The van der Waals surface area contributed by atoms with Crippen LogP contribution in [-0.2, 0) is 11.2 Å². The lowest BCUT2D eigenvalue weighted by atomic mass is 10.1. The van der Waals surface area contributed by atoms with Crippen LogP contribution in [-0.4, -0.2) is 27.6 Å². The maximum atomic E-state index is 12.1. The minimum absolute atomic E-state index is 0.0416. The summed E-state index contributed by atoms with van der Waals surface area (Å²) >= 11 is 1.39. The van der Waals surface area contributed by atoms with E-state index in [-0.39, 0.29) is 16.9 Å². The van der Waals surface area contributed by atoms with Crippen molar-refractivity contribution in [3.05, 3.63) is 65.2 Å². The van der Waals surface area contributed by atoms with Gasteiger partial charge in [0.15, 0.2) is 5.17 Å². The highest BCUT2D eigenvalue weighted by Gasteiger charge is 2.30. The van der Waals surface area contributed by atoms with E-state index in [1.807, 2.05) is 25.1 Å². The zero-order valence-electron chi connectivity index (χ0n) is 13.1. The Balaban J connectivity index is 1.62. The summed E-state index contributed by atoms with van der Waals surface area (Å²) in [6, 6.07) is 14.8. The molecule has 3 rings (SSSR count). The molecule has 0 spiro atoms. The van der Waals surface area contributed by atoms with Crippen molar-refractivity contribution < 1.29 is 9.90 Å². The topological polar surface area (TPSA) is 74.1 Å². The van der Waals surface area contributed by atoms with E-state index in [0.717, 1.165) is 11.1 Å². The average Bonchev–Trinajstić information content (AvgIpc) is 2.89. The number of carbonyl (C=O) groups excluding carboxylic acids is 1. The highest BCUT2D eigenvalue weighted by Crippen LogP contribution is 2.23. The second-order valence-corrected chi connectivity index (χ2v) is 6.72. The molecule has 0 bridgehead atoms. The standard InChI is InChI=1S/C18H17N3O2S/c1-12-3-2-4-14(9-12)10-16-17(23)20-18(24-16)21-19-11-13-5-7-15(22)8-6-13/h2-9,11,16,22H,10H2,1H3,(H,20,21,23)/b19-11+. The first-order valence-electron chi connectivity index (χ1n) is 7.53. The van der Waals surface area contributed by atoms with Gasteiger partial charge in [0.1, 0.15) is 5.75 Å². The van der Waals surface area contributed by atoms with Crippen LogP contribution in [0.15, 0.2) is 58.7 Å². The molecule has 0 aliphatic carbocycles. The molecule has 2 aromatic carbocycles. The maximum Gasteiger partial charge on any atom is 0.239 e. The Morgan fingerprint density at radius 3 is 2.79 bits per heavy atom.